The molecule has 0 saturated carbocycles. The molecule has 3 heterocycles. The highest BCUT2D eigenvalue weighted by Crippen LogP contribution is 2.32. The van der Waals surface area contributed by atoms with Crippen molar-refractivity contribution in [1.82, 2.24) is 20.5 Å². The maximum absolute atomic E-state index is 5.74. The van der Waals surface area contributed by atoms with Gasteiger partial charge < -0.3 is 24.5 Å². The molecule has 1 aromatic carbocycles. The van der Waals surface area contributed by atoms with Crippen LogP contribution < -0.4 is 20.1 Å². The summed E-state index contributed by atoms with van der Waals surface area (Å²) in [5.74, 6) is 4.92. The van der Waals surface area contributed by atoms with Gasteiger partial charge >= 0.3 is 0 Å². The lowest BCUT2D eigenvalue weighted by Gasteiger charge is -2.30. The fraction of sp³-hybridized carbons (Fsp3) is 0.583. The van der Waals surface area contributed by atoms with E-state index in [-0.39, 0.29) is 24.0 Å². The third kappa shape index (κ3) is 7.23. The predicted molar refractivity (Wildman–Crippen MR) is 140 cm³/mol. The lowest BCUT2D eigenvalue weighted by Crippen LogP contribution is -2.39. The second-order valence-corrected chi connectivity index (χ2v) is 8.55. The average Bonchev–Trinajstić information content (AvgIpc) is 3.38. The Morgan fingerprint density at radius 3 is 2.67 bits per heavy atom. The summed E-state index contributed by atoms with van der Waals surface area (Å²) in [7, 11) is 0. The summed E-state index contributed by atoms with van der Waals surface area (Å²) in [6.07, 6.45) is 3.21. The van der Waals surface area contributed by atoms with Crippen molar-refractivity contribution in [2.45, 2.75) is 46.6 Å². The van der Waals surface area contributed by atoms with Crippen LogP contribution in [0.1, 0.15) is 42.7 Å². The molecule has 33 heavy (non-hydrogen) atoms. The van der Waals surface area contributed by atoms with Crippen molar-refractivity contribution < 1.29 is 13.9 Å². The zero-order chi connectivity index (χ0) is 22.3. The Labute approximate surface area is 213 Å². The number of halogens is 1. The number of guanidine groups is 1. The van der Waals surface area contributed by atoms with Crippen molar-refractivity contribution in [3.63, 3.8) is 0 Å². The number of nitrogens with one attached hydrogen (secondary N) is 2. The fourth-order valence-corrected chi connectivity index (χ4v) is 4.11. The predicted octanol–water partition coefficient (Wildman–Crippen LogP) is 3.65. The Morgan fingerprint density at radius 2 is 1.94 bits per heavy atom. The number of hydrogen-bond donors (Lipinski definition) is 2. The first-order chi connectivity index (χ1) is 15.6. The summed E-state index contributed by atoms with van der Waals surface area (Å²) in [5, 5.41) is 6.82. The van der Waals surface area contributed by atoms with Gasteiger partial charge in [0.2, 0.25) is 12.7 Å². The summed E-state index contributed by atoms with van der Waals surface area (Å²) < 4.78 is 16.6. The number of nitrogens with zero attached hydrogens (tertiary/aromatic N) is 3. The summed E-state index contributed by atoms with van der Waals surface area (Å²) in [6, 6.07) is 6.13. The monoisotopic (exact) mass is 569 g/mol. The lowest BCUT2D eigenvalue weighted by molar-refractivity contribution is 0.166. The summed E-state index contributed by atoms with van der Waals surface area (Å²) in [5.41, 5.74) is 2.22. The minimum Gasteiger partial charge on any atom is -0.454 e. The van der Waals surface area contributed by atoms with E-state index in [1.165, 1.54) is 5.56 Å². The number of rotatable bonds is 8. The quantitative estimate of drug-likeness (QED) is 0.285. The summed E-state index contributed by atoms with van der Waals surface area (Å²) in [6.45, 7) is 11.8. The molecule has 1 aromatic heterocycles. The van der Waals surface area contributed by atoms with Crippen molar-refractivity contribution in [3.8, 4) is 11.5 Å². The van der Waals surface area contributed by atoms with Crippen LogP contribution in [0.25, 0.3) is 0 Å². The van der Waals surface area contributed by atoms with Crippen LogP contribution in [0.2, 0.25) is 0 Å². The van der Waals surface area contributed by atoms with Crippen LogP contribution in [-0.4, -0.2) is 55.4 Å². The highest BCUT2D eigenvalue weighted by Gasteiger charge is 2.21. The molecular formula is C24H36IN5O3. The van der Waals surface area contributed by atoms with Gasteiger partial charge in [-0.3, -0.25) is 9.89 Å². The van der Waals surface area contributed by atoms with E-state index in [0.29, 0.717) is 12.7 Å². The van der Waals surface area contributed by atoms with Gasteiger partial charge in [0.05, 0.1) is 12.2 Å². The number of aliphatic imine (C=N–C) groups is 1. The van der Waals surface area contributed by atoms with E-state index in [1.54, 1.807) is 0 Å². The molecule has 1 fully saturated rings. The number of aryl methyl sites for hydroxylation is 2. The van der Waals surface area contributed by atoms with E-state index in [4.69, 9.17) is 18.9 Å². The van der Waals surface area contributed by atoms with E-state index in [2.05, 4.69) is 39.6 Å². The Bertz CT molecular complexity index is 905. The molecule has 1 saturated heterocycles. The maximum Gasteiger partial charge on any atom is 0.231 e. The van der Waals surface area contributed by atoms with Crippen molar-refractivity contribution in [3.05, 3.63) is 41.1 Å². The number of fused-ring (bicyclic) bond motifs is 1. The van der Waals surface area contributed by atoms with Gasteiger partial charge in [-0.1, -0.05) is 6.07 Å². The molecule has 9 heteroatoms. The molecule has 2 N–H and O–H groups in total. The van der Waals surface area contributed by atoms with E-state index in [1.807, 2.05) is 19.9 Å². The molecule has 0 radical (unpaired) electrons. The second-order valence-electron chi connectivity index (χ2n) is 8.55. The molecule has 0 atom stereocenters. The Balaban J connectivity index is 0.00000306. The largest absolute Gasteiger partial charge is 0.454 e. The van der Waals surface area contributed by atoms with Crippen molar-refractivity contribution in [1.29, 1.82) is 0 Å². The first-order valence-corrected chi connectivity index (χ1v) is 11.7. The maximum atomic E-state index is 5.74. The molecule has 2 aliphatic rings. The topological polar surface area (TPSA) is 84.2 Å². The van der Waals surface area contributed by atoms with Gasteiger partial charge in [-0.2, -0.15) is 0 Å². The van der Waals surface area contributed by atoms with Crippen LogP contribution in [0.4, 0.5) is 0 Å². The Hall–Kier alpha value is -2.01. The van der Waals surface area contributed by atoms with Gasteiger partial charge in [-0.05, 0) is 76.7 Å². The molecule has 0 bridgehead atoms. The number of piperidine rings is 1. The van der Waals surface area contributed by atoms with Crippen molar-refractivity contribution in [2.24, 2.45) is 10.9 Å². The first kappa shape index (κ1) is 25.6. The van der Waals surface area contributed by atoms with Gasteiger partial charge in [-0.25, -0.2) is 4.98 Å². The fourth-order valence-electron chi connectivity index (χ4n) is 4.11. The minimum atomic E-state index is 0. The lowest BCUT2D eigenvalue weighted by atomic mass is 9.97. The SMILES string of the molecule is CCNC(=NCC1CCN(Cc2nc(C)c(C)o2)CC1)NCCc1ccc2c(c1)OCO2.I. The molecule has 2 aliphatic heterocycles. The number of benzene rings is 1. The van der Waals surface area contributed by atoms with Crippen molar-refractivity contribution >= 4 is 29.9 Å². The molecule has 182 valence electrons. The molecular weight excluding hydrogens is 533 g/mol. The molecule has 0 amide bonds. The van der Waals surface area contributed by atoms with Crippen LogP contribution in [0.3, 0.4) is 0 Å². The van der Waals surface area contributed by atoms with Gasteiger partial charge in [0.25, 0.3) is 0 Å². The molecule has 8 nitrogen and oxygen atoms in total. The standard InChI is InChI=1S/C24H35N5O3.HI/c1-4-25-24(26-10-7-19-5-6-21-22(13-19)31-16-30-21)27-14-20-8-11-29(12-9-20)15-23-28-17(2)18(3)32-23;/h5-6,13,20H,4,7-12,14-16H2,1-3H3,(H2,25,26,27);1H. The Morgan fingerprint density at radius 1 is 1.15 bits per heavy atom. The third-order valence-electron chi connectivity index (χ3n) is 6.13. The number of likely N-dealkylation sites (tertiary alicyclic amines) is 1. The minimum absolute atomic E-state index is 0. The zero-order valence-electron chi connectivity index (χ0n) is 19.9. The van der Waals surface area contributed by atoms with E-state index < -0.39 is 0 Å². The average molecular weight is 569 g/mol. The van der Waals surface area contributed by atoms with Crippen LogP contribution in [0.15, 0.2) is 27.6 Å². The highest BCUT2D eigenvalue weighted by molar-refractivity contribution is 14.0. The summed E-state index contributed by atoms with van der Waals surface area (Å²) in [4.78, 5) is 11.8. The van der Waals surface area contributed by atoms with Crippen LogP contribution in [0.5, 0.6) is 11.5 Å². The van der Waals surface area contributed by atoms with Gasteiger partial charge in [0.1, 0.15) is 5.76 Å². The van der Waals surface area contributed by atoms with Crippen LogP contribution in [0, 0.1) is 19.8 Å². The van der Waals surface area contributed by atoms with Gasteiger partial charge in [-0.15, -0.1) is 24.0 Å². The smallest absolute Gasteiger partial charge is 0.231 e. The second kappa shape index (κ2) is 12.5. The number of hydrogen-bond acceptors (Lipinski definition) is 6. The van der Waals surface area contributed by atoms with E-state index >= 15 is 0 Å². The number of ether oxygens (including phenoxy) is 2. The van der Waals surface area contributed by atoms with Crippen molar-refractivity contribution in [2.75, 3.05) is 39.5 Å². The number of aromatic nitrogens is 1. The third-order valence-corrected chi connectivity index (χ3v) is 6.13. The molecule has 0 spiro atoms. The van der Waals surface area contributed by atoms with Crippen LogP contribution in [-0.2, 0) is 13.0 Å². The Kier molecular flexibility index (Phi) is 9.66. The van der Waals surface area contributed by atoms with Gasteiger partial charge in [0.15, 0.2) is 17.5 Å². The van der Waals surface area contributed by atoms with Gasteiger partial charge in [0, 0.05) is 19.6 Å². The summed E-state index contributed by atoms with van der Waals surface area (Å²) >= 11 is 0. The highest BCUT2D eigenvalue weighted by atomic mass is 127. The molecule has 2 aromatic rings. The van der Waals surface area contributed by atoms with E-state index in [9.17, 15) is 0 Å². The molecule has 4 rings (SSSR count). The van der Waals surface area contributed by atoms with E-state index in [0.717, 1.165) is 93.3 Å². The number of oxazole rings is 1. The van der Waals surface area contributed by atoms with Crippen LogP contribution >= 0.6 is 24.0 Å². The normalized spacial score (nSPS) is 16.5. The molecule has 0 aliphatic carbocycles. The first-order valence-electron chi connectivity index (χ1n) is 11.7. The zero-order valence-corrected chi connectivity index (χ0v) is 22.2. The molecule has 0 unspecified atom stereocenters.